The van der Waals surface area contributed by atoms with E-state index in [2.05, 4.69) is 92.5 Å². The molecule has 0 unspecified atom stereocenters. The molecule has 0 aromatic heterocycles. The highest BCUT2D eigenvalue weighted by molar-refractivity contribution is 9.10. The van der Waals surface area contributed by atoms with Gasteiger partial charge in [-0.1, -0.05) is 44.0 Å². The van der Waals surface area contributed by atoms with Crippen molar-refractivity contribution in [2.45, 2.75) is 0 Å². The molecule has 2 heteroatoms. The Morgan fingerprint density at radius 3 is 1.41 bits per heavy atom. The molecule has 0 nitrogen and oxygen atoms in total. The Kier molecular flexibility index (Phi) is 2.59. The summed E-state index contributed by atoms with van der Waals surface area (Å²) in [5.41, 5.74) is 2.63. The summed E-state index contributed by atoms with van der Waals surface area (Å²) in [6.07, 6.45) is 4.57. The first-order chi connectivity index (χ1) is 10.7. The minimum absolute atomic E-state index is 1.13. The van der Waals surface area contributed by atoms with Crippen LogP contribution in [0.4, 0.5) is 0 Å². The molecular formula is C20H10Br2. The molecule has 0 amide bonds. The van der Waals surface area contributed by atoms with Crippen LogP contribution in [0, 0.1) is 20.9 Å². The zero-order chi connectivity index (χ0) is 14.8. The lowest BCUT2D eigenvalue weighted by molar-refractivity contribution is 1.42. The van der Waals surface area contributed by atoms with Crippen molar-refractivity contribution >= 4 is 44.0 Å². The van der Waals surface area contributed by atoms with Gasteiger partial charge in [0, 0.05) is 8.95 Å². The van der Waals surface area contributed by atoms with Crippen molar-refractivity contribution in [2.75, 3.05) is 0 Å². The van der Waals surface area contributed by atoms with Crippen LogP contribution in [-0.2, 0) is 0 Å². The quantitative estimate of drug-likeness (QED) is 0.361. The minimum Gasteiger partial charge on any atom is -0.0526 e. The first-order valence-corrected chi connectivity index (χ1v) is 8.75. The number of halogens is 2. The maximum atomic E-state index is 3.56. The second-order valence-electron chi connectivity index (χ2n) is 5.78. The molecule has 0 saturated carbocycles. The Morgan fingerprint density at radius 1 is 0.500 bits per heavy atom. The summed E-state index contributed by atoms with van der Waals surface area (Å²) >= 11 is 7.12. The Hall–Kier alpha value is -1.64. The highest BCUT2D eigenvalue weighted by Gasteiger charge is 2.08. The average molecular weight is 410 g/mol. The number of rotatable bonds is 0. The lowest BCUT2D eigenvalue weighted by Crippen LogP contribution is -1.98. The van der Waals surface area contributed by atoms with E-state index in [-0.39, 0.29) is 0 Å². The van der Waals surface area contributed by atoms with E-state index in [0.29, 0.717) is 0 Å². The molecule has 3 aromatic carbocycles. The molecular weight excluding hydrogens is 400 g/mol. The number of fused-ring (bicyclic) bond motifs is 4. The number of hydrogen-bond acceptors (Lipinski definition) is 0. The molecule has 0 saturated heterocycles. The van der Waals surface area contributed by atoms with E-state index in [1.165, 1.54) is 42.4 Å². The molecule has 0 bridgehead atoms. The van der Waals surface area contributed by atoms with Crippen molar-refractivity contribution in [3.63, 3.8) is 0 Å². The zero-order valence-electron chi connectivity index (χ0n) is 11.5. The third kappa shape index (κ3) is 1.74. The Labute approximate surface area is 143 Å². The van der Waals surface area contributed by atoms with Crippen LogP contribution in [0.5, 0.6) is 0 Å². The monoisotopic (exact) mass is 408 g/mol. The zero-order valence-corrected chi connectivity index (χ0v) is 14.7. The van der Waals surface area contributed by atoms with Crippen LogP contribution in [0.15, 0.2) is 57.5 Å². The molecule has 0 aliphatic heterocycles. The van der Waals surface area contributed by atoms with Crippen LogP contribution in [-0.4, -0.2) is 0 Å². The van der Waals surface area contributed by atoms with E-state index in [9.17, 15) is 0 Å². The molecule has 0 heterocycles. The first kappa shape index (κ1) is 12.9. The van der Waals surface area contributed by atoms with Crippen LogP contribution in [0.25, 0.3) is 12.2 Å². The number of hydrogen-bond donors (Lipinski definition) is 0. The van der Waals surface area contributed by atoms with Gasteiger partial charge in [-0.05, 0) is 91.0 Å². The molecule has 0 N–H and O–H groups in total. The summed E-state index contributed by atoms with van der Waals surface area (Å²) in [5.74, 6) is 0. The molecule has 22 heavy (non-hydrogen) atoms. The second kappa shape index (κ2) is 4.43. The fraction of sp³-hybridized carbons (Fsp3) is 0. The van der Waals surface area contributed by atoms with E-state index in [4.69, 9.17) is 0 Å². The van der Waals surface area contributed by atoms with E-state index in [0.717, 1.165) is 8.95 Å². The summed E-state index contributed by atoms with van der Waals surface area (Å²) in [6, 6.07) is 17.7. The molecule has 0 radical (unpaired) electrons. The fourth-order valence-electron chi connectivity index (χ4n) is 3.47. The molecule has 0 fully saturated rings. The van der Waals surface area contributed by atoms with E-state index >= 15 is 0 Å². The van der Waals surface area contributed by atoms with Gasteiger partial charge in [0.05, 0.1) is 0 Å². The van der Waals surface area contributed by atoms with E-state index < -0.39 is 0 Å². The topological polar surface area (TPSA) is 0 Å². The smallest absolute Gasteiger partial charge is 0.0181 e. The lowest BCUT2D eigenvalue weighted by Gasteiger charge is -1.96. The maximum Gasteiger partial charge on any atom is 0.0181 e. The summed E-state index contributed by atoms with van der Waals surface area (Å²) in [7, 11) is 0. The van der Waals surface area contributed by atoms with Gasteiger partial charge in [0.1, 0.15) is 0 Å². The summed E-state index contributed by atoms with van der Waals surface area (Å²) in [4.78, 5) is 0. The Balaban J connectivity index is 1.98. The fourth-order valence-corrected chi connectivity index (χ4v) is 4.23. The number of benzene rings is 3. The maximum absolute atomic E-state index is 3.56. The molecule has 104 valence electrons. The summed E-state index contributed by atoms with van der Waals surface area (Å²) < 4.78 is 2.26. The van der Waals surface area contributed by atoms with Gasteiger partial charge in [-0.15, -0.1) is 0 Å². The van der Waals surface area contributed by atoms with Crippen molar-refractivity contribution in [1.82, 2.24) is 0 Å². The van der Waals surface area contributed by atoms with E-state index in [1.54, 1.807) is 0 Å². The summed E-state index contributed by atoms with van der Waals surface area (Å²) in [6.45, 7) is 0. The van der Waals surface area contributed by atoms with Crippen LogP contribution < -0.4 is 10.4 Å². The normalized spacial score (nSPS) is 12.8. The Bertz CT molecular complexity index is 1180. The SMILES string of the molecule is Brc1ccc2c(c1)=Cc1cc3c(cc1=2)C=c1cc(Br)ccc1=3. The Morgan fingerprint density at radius 2 is 0.955 bits per heavy atom. The minimum atomic E-state index is 1.13. The molecule has 2 aliphatic carbocycles. The standard InChI is InChI=1S/C20H10Br2/c21-15-1-3-17-11(7-15)5-13-10-20-14(9-19(13)17)6-12-8-16(22)2-4-18(12)20/h1-10H. The van der Waals surface area contributed by atoms with Gasteiger partial charge in [0.2, 0.25) is 0 Å². The van der Waals surface area contributed by atoms with Crippen LogP contribution in [0.3, 0.4) is 0 Å². The average Bonchev–Trinajstić information content (AvgIpc) is 3.00. The molecule has 3 aromatic rings. The molecule has 0 atom stereocenters. The summed E-state index contributed by atoms with van der Waals surface area (Å²) in [5, 5.41) is 7.92. The van der Waals surface area contributed by atoms with Crippen molar-refractivity contribution < 1.29 is 0 Å². The van der Waals surface area contributed by atoms with Crippen molar-refractivity contribution in [3.05, 3.63) is 99.9 Å². The third-order valence-electron chi connectivity index (χ3n) is 4.45. The van der Waals surface area contributed by atoms with E-state index in [1.807, 2.05) is 0 Å². The van der Waals surface area contributed by atoms with Gasteiger partial charge in [0.15, 0.2) is 0 Å². The van der Waals surface area contributed by atoms with Gasteiger partial charge >= 0.3 is 0 Å². The molecule has 2 aliphatic rings. The van der Waals surface area contributed by atoms with Gasteiger partial charge in [-0.2, -0.15) is 0 Å². The largest absolute Gasteiger partial charge is 0.0526 e. The first-order valence-electron chi connectivity index (χ1n) is 7.16. The second-order valence-corrected chi connectivity index (χ2v) is 7.61. The highest BCUT2D eigenvalue weighted by Crippen LogP contribution is 2.19. The molecule has 0 spiro atoms. The molecule has 5 rings (SSSR count). The predicted octanol–water partition coefficient (Wildman–Crippen LogP) is 4.07. The van der Waals surface area contributed by atoms with Gasteiger partial charge in [-0.25, -0.2) is 0 Å². The van der Waals surface area contributed by atoms with Crippen molar-refractivity contribution in [1.29, 1.82) is 0 Å². The van der Waals surface area contributed by atoms with Gasteiger partial charge < -0.3 is 0 Å². The van der Waals surface area contributed by atoms with Gasteiger partial charge in [-0.3, -0.25) is 0 Å². The highest BCUT2D eigenvalue weighted by atomic mass is 79.9. The van der Waals surface area contributed by atoms with Crippen molar-refractivity contribution in [2.24, 2.45) is 0 Å². The lowest BCUT2D eigenvalue weighted by atomic mass is 10.1. The van der Waals surface area contributed by atoms with Crippen LogP contribution in [0.1, 0.15) is 11.1 Å². The van der Waals surface area contributed by atoms with Gasteiger partial charge in [0.25, 0.3) is 0 Å². The van der Waals surface area contributed by atoms with Crippen LogP contribution >= 0.6 is 31.9 Å². The predicted molar refractivity (Wildman–Crippen MR) is 96.5 cm³/mol. The third-order valence-corrected chi connectivity index (χ3v) is 5.44. The van der Waals surface area contributed by atoms with Crippen LogP contribution in [0.2, 0.25) is 0 Å². The van der Waals surface area contributed by atoms with Crippen molar-refractivity contribution in [3.8, 4) is 0 Å².